The zero-order valence-electron chi connectivity index (χ0n) is 18.9. The Bertz CT molecular complexity index is 1090. The van der Waals surface area contributed by atoms with Gasteiger partial charge in [-0.25, -0.2) is 4.79 Å². The highest BCUT2D eigenvalue weighted by Crippen LogP contribution is 2.20. The van der Waals surface area contributed by atoms with Gasteiger partial charge in [-0.3, -0.25) is 14.6 Å². The lowest BCUT2D eigenvalue weighted by Crippen LogP contribution is -2.49. The van der Waals surface area contributed by atoms with E-state index in [1.807, 2.05) is 30.3 Å². The maximum absolute atomic E-state index is 12.4. The molecule has 35 heavy (non-hydrogen) atoms. The largest absolute Gasteiger partial charge is 0.480 e. The van der Waals surface area contributed by atoms with Crippen LogP contribution in [0.3, 0.4) is 0 Å². The lowest BCUT2D eigenvalue weighted by Gasteiger charge is -2.18. The lowest BCUT2D eigenvalue weighted by atomic mass is 10.0. The third kappa shape index (κ3) is 9.51. The number of azo groups is 1. The number of benzene rings is 2. The van der Waals surface area contributed by atoms with Gasteiger partial charge in [0.15, 0.2) is 5.96 Å². The summed E-state index contributed by atoms with van der Waals surface area (Å²) < 4.78 is 0. The Morgan fingerprint density at radius 3 is 2.40 bits per heavy atom. The molecule has 0 aliphatic carbocycles. The predicted molar refractivity (Wildman–Crippen MR) is 132 cm³/mol. The maximum atomic E-state index is 12.4. The molecule has 0 radical (unpaired) electrons. The molecule has 2 aromatic rings. The van der Waals surface area contributed by atoms with Gasteiger partial charge >= 0.3 is 5.97 Å². The zero-order valence-corrected chi connectivity index (χ0v) is 19.7. The van der Waals surface area contributed by atoms with E-state index in [9.17, 15) is 19.5 Å². The molecule has 12 heteroatoms. The normalized spacial score (nSPS) is 12.6. The van der Waals surface area contributed by atoms with Crippen molar-refractivity contribution in [3.63, 3.8) is 0 Å². The molecule has 0 spiro atoms. The highest BCUT2D eigenvalue weighted by Gasteiger charge is 2.23. The smallest absolute Gasteiger partial charge is 0.326 e. The monoisotopic (exact) mass is 501 g/mol. The average molecular weight is 502 g/mol. The number of amides is 2. The molecule has 0 fully saturated rings. The Morgan fingerprint density at radius 2 is 1.77 bits per heavy atom. The number of carboxylic acids is 1. The number of hydrogen-bond donors (Lipinski definition) is 5. The van der Waals surface area contributed by atoms with E-state index in [2.05, 4.69) is 20.5 Å². The van der Waals surface area contributed by atoms with Crippen molar-refractivity contribution in [1.82, 2.24) is 5.32 Å². The molecule has 186 valence electrons. The Labute approximate surface area is 207 Å². The fourth-order valence-corrected chi connectivity index (χ4v) is 3.35. The summed E-state index contributed by atoms with van der Waals surface area (Å²) in [6.07, 6.45) is 0.570. The van der Waals surface area contributed by atoms with E-state index in [1.165, 1.54) is 12.1 Å². The Hall–Kier alpha value is -3.83. The number of hydrogen-bond acceptors (Lipinski definition) is 6. The molecular formula is C23H28ClN7O4. The van der Waals surface area contributed by atoms with Crippen LogP contribution in [-0.2, 0) is 22.6 Å². The number of carbonyl (C=O) groups is 3. The van der Waals surface area contributed by atoms with Crippen LogP contribution < -0.4 is 22.5 Å². The highest BCUT2D eigenvalue weighted by molar-refractivity contribution is 6.33. The Morgan fingerprint density at radius 1 is 1.06 bits per heavy atom. The molecule has 0 saturated heterocycles. The summed E-state index contributed by atoms with van der Waals surface area (Å²) in [6.45, 7) is 0.501. The first-order chi connectivity index (χ1) is 16.7. The second-order valence-electron chi connectivity index (χ2n) is 7.66. The molecule has 0 aliphatic heterocycles. The molecule has 0 heterocycles. The van der Waals surface area contributed by atoms with E-state index in [0.717, 1.165) is 5.56 Å². The van der Waals surface area contributed by atoms with E-state index in [0.29, 0.717) is 12.0 Å². The van der Waals surface area contributed by atoms with Crippen LogP contribution >= 0.6 is 11.6 Å². The highest BCUT2D eigenvalue weighted by atomic mass is 35.5. The van der Waals surface area contributed by atoms with Crippen molar-refractivity contribution in [3.05, 3.63) is 70.2 Å². The molecule has 0 aliphatic rings. The summed E-state index contributed by atoms with van der Waals surface area (Å²) in [5.74, 6) is -2.51. The number of aliphatic carboxylic acids is 1. The minimum Gasteiger partial charge on any atom is -0.480 e. The number of nitrogens with two attached hydrogens (primary N) is 3. The summed E-state index contributed by atoms with van der Waals surface area (Å²) in [4.78, 5) is 39.9. The molecule has 0 unspecified atom stereocenters. The van der Waals surface area contributed by atoms with Gasteiger partial charge in [0.05, 0.1) is 23.2 Å². The van der Waals surface area contributed by atoms with Gasteiger partial charge < -0.3 is 27.6 Å². The van der Waals surface area contributed by atoms with E-state index < -0.39 is 29.9 Å². The van der Waals surface area contributed by atoms with E-state index in [4.69, 9.17) is 28.8 Å². The molecule has 2 rings (SSSR count). The number of carboxylic acid groups (broad SMARTS) is 1. The zero-order chi connectivity index (χ0) is 25.8. The predicted octanol–water partition coefficient (Wildman–Crippen LogP) is 1.63. The fourth-order valence-electron chi connectivity index (χ4n) is 3.06. The maximum Gasteiger partial charge on any atom is 0.326 e. The number of rotatable bonds is 12. The molecule has 2 aromatic carbocycles. The molecule has 2 atom stereocenters. The number of aliphatic imine (C=N–C) groups is 1. The standard InChI is InChI=1S/C23H28ClN7O4/c24-17-11-15(8-9-16(17)20(32)31-29-13-14-5-2-1-3-6-14)12-18(25)21(33)30-19(22(34)35)7-4-10-28-23(26)27/h1-3,5-6,8-9,11,18-19H,4,7,10,12-13,25H2,(H,30,33)(H,34,35)(H4,26,27,28)/t18-,19-/m0/s1. The van der Waals surface area contributed by atoms with Gasteiger partial charge in [-0.2, -0.15) is 5.11 Å². The van der Waals surface area contributed by atoms with Crippen molar-refractivity contribution >= 4 is 35.3 Å². The summed E-state index contributed by atoms with van der Waals surface area (Å²) in [7, 11) is 0. The van der Waals surface area contributed by atoms with Crippen molar-refractivity contribution in [2.75, 3.05) is 6.54 Å². The van der Waals surface area contributed by atoms with E-state index in [-0.39, 0.29) is 42.5 Å². The number of halogens is 1. The van der Waals surface area contributed by atoms with Crippen LogP contribution in [0.15, 0.2) is 63.8 Å². The minimum absolute atomic E-state index is 0.0793. The SMILES string of the molecule is NC(N)=NCCC[C@H](NC(=O)[C@@H](N)Cc1ccc(C(=O)N=NCc2ccccc2)c(Cl)c1)C(=O)O. The quantitative estimate of drug-likeness (QED) is 0.126. The molecule has 0 aromatic heterocycles. The van der Waals surface area contributed by atoms with Crippen LogP contribution in [0, 0.1) is 0 Å². The van der Waals surface area contributed by atoms with Crippen LogP contribution in [-0.4, -0.2) is 47.5 Å². The third-order valence-corrected chi connectivity index (χ3v) is 5.19. The van der Waals surface area contributed by atoms with Crippen LogP contribution in [0.25, 0.3) is 0 Å². The first-order valence-electron chi connectivity index (χ1n) is 10.8. The number of nitrogens with one attached hydrogen (secondary N) is 1. The summed E-state index contributed by atoms with van der Waals surface area (Å²) in [5.41, 5.74) is 18.1. The van der Waals surface area contributed by atoms with Crippen molar-refractivity contribution in [2.24, 2.45) is 32.4 Å². The van der Waals surface area contributed by atoms with Gasteiger partial charge in [-0.05, 0) is 42.5 Å². The van der Waals surface area contributed by atoms with Gasteiger partial charge in [0.25, 0.3) is 5.91 Å². The van der Waals surface area contributed by atoms with E-state index >= 15 is 0 Å². The fraction of sp³-hybridized carbons (Fsp3) is 0.304. The Balaban J connectivity index is 1.92. The first kappa shape index (κ1) is 27.4. The molecule has 2 amide bonds. The van der Waals surface area contributed by atoms with Crippen molar-refractivity contribution in [1.29, 1.82) is 0 Å². The summed E-state index contributed by atoms with van der Waals surface area (Å²) in [5, 5.41) is 19.5. The van der Waals surface area contributed by atoms with Crippen LogP contribution in [0.5, 0.6) is 0 Å². The second-order valence-corrected chi connectivity index (χ2v) is 8.07. The van der Waals surface area contributed by atoms with Crippen LogP contribution in [0.2, 0.25) is 5.02 Å². The second kappa shape index (κ2) is 13.8. The topological polar surface area (TPSA) is 199 Å². The summed E-state index contributed by atoms with van der Waals surface area (Å²) >= 11 is 6.23. The van der Waals surface area contributed by atoms with E-state index in [1.54, 1.807) is 6.07 Å². The average Bonchev–Trinajstić information content (AvgIpc) is 2.81. The lowest BCUT2D eigenvalue weighted by molar-refractivity contribution is -0.142. The molecule has 0 bridgehead atoms. The van der Waals surface area contributed by atoms with Crippen LogP contribution in [0.1, 0.15) is 34.3 Å². The Kier molecular flexibility index (Phi) is 10.8. The third-order valence-electron chi connectivity index (χ3n) is 4.87. The number of nitrogens with zero attached hydrogens (tertiary/aromatic N) is 3. The minimum atomic E-state index is -1.19. The summed E-state index contributed by atoms with van der Waals surface area (Å²) in [6, 6.07) is 11.8. The molecule has 11 nitrogen and oxygen atoms in total. The van der Waals surface area contributed by atoms with Gasteiger partial charge in [0, 0.05) is 6.54 Å². The van der Waals surface area contributed by atoms with Gasteiger partial charge in [-0.1, -0.05) is 48.0 Å². The molecular weight excluding hydrogens is 474 g/mol. The van der Waals surface area contributed by atoms with Gasteiger partial charge in [-0.15, -0.1) is 5.11 Å². The van der Waals surface area contributed by atoms with Crippen molar-refractivity contribution in [2.45, 2.75) is 37.9 Å². The van der Waals surface area contributed by atoms with Crippen molar-refractivity contribution < 1.29 is 19.5 Å². The van der Waals surface area contributed by atoms with Gasteiger partial charge in [0.2, 0.25) is 5.91 Å². The first-order valence-corrected chi connectivity index (χ1v) is 11.1. The van der Waals surface area contributed by atoms with Crippen LogP contribution in [0.4, 0.5) is 0 Å². The number of guanidine groups is 1. The van der Waals surface area contributed by atoms with Gasteiger partial charge in [0.1, 0.15) is 6.04 Å². The molecule has 8 N–H and O–H groups in total. The molecule has 0 saturated carbocycles. The van der Waals surface area contributed by atoms with Crippen molar-refractivity contribution in [3.8, 4) is 0 Å². The number of carbonyl (C=O) groups excluding carboxylic acids is 2.